The molecule has 0 spiro atoms. The van der Waals surface area contributed by atoms with Crippen LogP contribution in [0.3, 0.4) is 0 Å². The first-order valence-corrected chi connectivity index (χ1v) is 13.5. The van der Waals surface area contributed by atoms with E-state index in [4.69, 9.17) is 16.3 Å². The van der Waals surface area contributed by atoms with Gasteiger partial charge in [0.1, 0.15) is 18.9 Å². The summed E-state index contributed by atoms with van der Waals surface area (Å²) in [6, 6.07) is 5.12. The van der Waals surface area contributed by atoms with E-state index in [1.165, 1.54) is 11.9 Å². The molecule has 2 rings (SSSR count). The van der Waals surface area contributed by atoms with Gasteiger partial charge in [0.15, 0.2) is 0 Å². The molecule has 1 aromatic rings. The highest BCUT2D eigenvalue weighted by Gasteiger charge is 2.28. The van der Waals surface area contributed by atoms with Crippen LogP contribution in [0, 0.1) is 5.92 Å². The molecule has 11 heteroatoms. The highest BCUT2D eigenvalue weighted by molar-refractivity contribution is 6.30. The minimum absolute atomic E-state index is 0.00691. The van der Waals surface area contributed by atoms with Crippen molar-refractivity contribution in [3.63, 3.8) is 0 Å². The van der Waals surface area contributed by atoms with Crippen molar-refractivity contribution in [2.24, 2.45) is 5.92 Å². The second-order valence-electron chi connectivity index (χ2n) is 9.64. The maximum Gasteiger partial charge on any atom is 0.408 e. The average molecular weight is 551 g/mol. The van der Waals surface area contributed by atoms with Crippen LogP contribution in [-0.2, 0) is 30.5 Å². The predicted molar refractivity (Wildman–Crippen MR) is 143 cm³/mol. The van der Waals surface area contributed by atoms with Crippen molar-refractivity contribution in [1.29, 1.82) is 0 Å². The van der Waals surface area contributed by atoms with Crippen LogP contribution in [0.25, 0.3) is 0 Å². The zero-order chi connectivity index (χ0) is 27.9. The molecular weight excluding hydrogens is 512 g/mol. The number of carbonyl (C=O) groups excluding carboxylic acids is 5. The normalized spacial score (nSPS) is 15.0. The third kappa shape index (κ3) is 11.5. The Hall–Kier alpha value is -3.14. The van der Waals surface area contributed by atoms with Gasteiger partial charge in [0.25, 0.3) is 0 Å². The highest BCUT2D eigenvalue weighted by atomic mass is 35.5. The minimum atomic E-state index is -0.914. The lowest BCUT2D eigenvalue weighted by Gasteiger charge is -2.27. The molecule has 210 valence electrons. The summed E-state index contributed by atoms with van der Waals surface area (Å²) in [7, 11) is 1.51. The third-order valence-electron chi connectivity index (χ3n) is 6.50. The van der Waals surface area contributed by atoms with Gasteiger partial charge in [-0.15, -0.1) is 0 Å². The Morgan fingerprint density at radius 1 is 1.16 bits per heavy atom. The molecule has 1 aromatic carbocycles. The van der Waals surface area contributed by atoms with Gasteiger partial charge in [0.05, 0.1) is 12.6 Å². The number of hydrogen-bond donors (Lipinski definition) is 3. The molecule has 2 atom stereocenters. The number of amides is 4. The topological polar surface area (TPSA) is 134 Å². The van der Waals surface area contributed by atoms with E-state index in [1.54, 1.807) is 31.2 Å². The van der Waals surface area contributed by atoms with E-state index in [2.05, 4.69) is 16.0 Å². The minimum Gasteiger partial charge on any atom is -0.445 e. The maximum absolute atomic E-state index is 13.1. The van der Waals surface area contributed by atoms with E-state index in [0.717, 1.165) is 32.1 Å². The molecule has 0 radical (unpaired) electrons. The van der Waals surface area contributed by atoms with Crippen LogP contribution in [0.1, 0.15) is 63.9 Å². The van der Waals surface area contributed by atoms with Crippen LogP contribution < -0.4 is 16.0 Å². The quantitative estimate of drug-likeness (QED) is 0.305. The zero-order valence-electron chi connectivity index (χ0n) is 22.2. The Morgan fingerprint density at radius 2 is 1.89 bits per heavy atom. The summed E-state index contributed by atoms with van der Waals surface area (Å²) >= 11 is 5.97. The predicted octanol–water partition coefficient (Wildman–Crippen LogP) is 2.96. The van der Waals surface area contributed by atoms with E-state index in [0.29, 0.717) is 29.8 Å². The summed E-state index contributed by atoms with van der Waals surface area (Å²) in [5.41, 5.74) is 0.712. The molecule has 1 fully saturated rings. The maximum atomic E-state index is 13.1. The Morgan fingerprint density at radius 3 is 2.55 bits per heavy atom. The van der Waals surface area contributed by atoms with Crippen LogP contribution in [0.4, 0.5) is 4.79 Å². The summed E-state index contributed by atoms with van der Waals surface area (Å²) in [5.74, 6) is -0.830. The van der Waals surface area contributed by atoms with Crippen molar-refractivity contribution in [2.45, 2.75) is 77.0 Å². The van der Waals surface area contributed by atoms with E-state index in [1.807, 2.05) is 0 Å². The van der Waals surface area contributed by atoms with Gasteiger partial charge >= 0.3 is 6.09 Å². The van der Waals surface area contributed by atoms with Gasteiger partial charge in [0, 0.05) is 25.0 Å². The van der Waals surface area contributed by atoms with Crippen LogP contribution >= 0.6 is 11.6 Å². The van der Waals surface area contributed by atoms with Gasteiger partial charge in [0.2, 0.25) is 17.7 Å². The number of halogens is 1. The van der Waals surface area contributed by atoms with Crippen LogP contribution in [-0.4, -0.2) is 67.2 Å². The van der Waals surface area contributed by atoms with Gasteiger partial charge in [-0.05, 0) is 43.4 Å². The lowest BCUT2D eigenvalue weighted by Crippen LogP contribution is -2.51. The average Bonchev–Trinajstić information content (AvgIpc) is 2.89. The fourth-order valence-electron chi connectivity index (χ4n) is 4.43. The van der Waals surface area contributed by atoms with Crippen LogP contribution in [0.15, 0.2) is 24.3 Å². The monoisotopic (exact) mass is 550 g/mol. The molecule has 0 aromatic heterocycles. The lowest BCUT2D eigenvalue weighted by molar-refractivity contribution is -0.135. The SMILES string of the molecule is CCNC(=O)CN(C)C(=O)CCC(C=O)NC(=O)C(CC1CCCCC1)NC(=O)OCc1cccc(Cl)c1. The number of alkyl carbamates (subject to hydrolysis) is 1. The summed E-state index contributed by atoms with van der Waals surface area (Å²) in [4.78, 5) is 62.7. The number of ether oxygens (including phenoxy) is 1. The first kappa shape index (κ1) is 31.1. The van der Waals surface area contributed by atoms with E-state index in [-0.39, 0.29) is 43.7 Å². The fraction of sp³-hybridized carbons (Fsp3) is 0.593. The number of benzene rings is 1. The molecule has 3 N–H and O–H groups in total. The Bertz CT molecular complexity index is 953. The molecule has 0 aliphatic heterocycles. The smallest absolute Gasteiger partial charge is 0.408 e. The zero-order valence-corrected chi connectivity index (χ0v) is 22.9. The third-order valence-corrected chi connectivity index (χ3v) is 6.74. The Labute approximate surface area is 229 Å². The number of nitrogens with one attached hydrogen (secondary N) is 3. The molecular formula is C27H39ClN4O6. The van der Waals surface area contributed by atoms with E-state index < -0.39 is 24.1 Å². The Balaban J connectivity index is 1.94. The fourth-order valence-corrected chi connectivity index (χ4v) is 4.64. The summed E-state index contributed by atoms with van der Waals surface area (Å²) in [5, 5.41) is 8.45. The van der Waals surface area contributed by atoms with Crippen LogP contribution in [0.5, 0.6) is 0 Å². The molecule has 1 aliphatic carbocycles. The molecule has 1 aliphatic rings. The number of carbonyl (C=O) groups is 5. The second-order valence-corrected chi connectivity index (χ2v) is 10.1. The molecule has 1 saturated carbocycles. The first-order valence-electron chi connectivity index (χ1n) is 13.2. The second kappa shape index (κ2) is 16.7. The van der Waals surface area contributed by atoms with Crippen molar-refractivity contribution in [2.75, 3.05) is 20.1 Å². The summed E-state index contributed by atoms with van der Waals surface area (Å²) in [6.07, 6.45) is 5.53. The molecule has 0 bridgehead atoms. The number of rotatable bonds is 14. The molecule has 2 unspecified atom stereocenters. The number of likely N-dealkylation sites (N-methyl/N-ethyl adjacent to an activating group) is 2. The molecule has 0 saturated heterocycles. The van der Waals surface area contributed by atoms with Gasteiger partial charge in [-0.1, -0.05) is 55.8 Å². The molecule has 0 heterocycles. The Kier molecular flexibility index (Phi) is 13.6. The highest BCUT2D eigenvalue weighted by Crippen LogP contribution is 2.27. The molecule has 10 nitrogen and oxygen atoms in total. The van der Waals surface area contributed by atoms with E-state index >= 15 is 0 Å². The lowest BCUT2D eigenvalue weighted by atomic mass is 9.84. The largest absolute Gasteiger partial charge is 0.445 e. The first-order chi connectivity index (χ1) is 18.2. The molecule has 4 amide bonds. The van der Waals surface area contributed by atoms with Gasteiger partial charge in [-0.2, -0.15) is 0 Å². The number of aldehydes is 1. The summed E-state index contributed by atoms with van der Waals surface area (Å²) < 4.78 is 5.30. The van der Waals surface area contributed by atoms with Crippen LogP contribution in [0.2, 0.25) is 5.02 Å². The van der Waals surface area contributed by atoms with Gasteiger partial charge in [-0.25, -0.2) is 4.79 Å². The van der Waals surface area contributed by atoms with Gasteiger partial charge < -0.3 is 30.4 Å². The van der Waals surface area contributed by atoms with Gasteiger partial charge in [-0.3, -0.25) is 14.4 Å². The van der Waals surface area contributed by atoms with Crippen molar-refractivity contribution >= 4 is 41.7 Å². The van der Waals surface area contributed by atoms with Crippen molar-refractivity contribution in [3.05, 3.63) is 34.9 Å². The molecule has 38 heavy (non-hydrogen) atoms. The summed E-state index contributed by atoms with van der Waals surface area (Å²) in [6.45, 7) is 2.15. The van der Waals surface area contributed by atoms with E-state index in [9.17, 15) is 24.0 Å². The standard InChI is InChI=1S/C27H39ClN4O6/c1-3-29-24(34)16-32(2)25(35)13-12-22(17-33)30-26(36)23(15-19-8-5-4-6-9-19)31-27(37)38-18-20-10-7-11-21(28)14-20/h7,10-11,14,17,19,22-23H,3-6,8-9,12-13,15-16,18H2,1-2H3,(H,29,34)(H,30,36)(H,31,37). The van der Waals surface area contributed by atoms with Crippen molar-refractivity contribution in [3.8, 4) is 0 Å². The number of nitrogens with zero attached hydrogens (tertiary/aromatic N) is 1. The number of hydrogen-bond acceptors (Lipinski definition) is 6. The van der Waals surface area contributed by atoms with Crippen molar-refractivity contribution in [1.82, 2.24) is 20.9 Å². The van der Waals surface area contributed by atoms with Crippen molar-refractivity contribution < 1.29 is 28.7 Å².